The number of hydrogen-bond donors (Lipinski definition) is 1. The lowest BCUT2D eigenvalue weighted by Crippen LogP contribution is -2.44. The van der Waals surface area contributed by atoms with E-state index in [-0.39, 0.29) is 29.9 Å². The van der Waals surface area contributed by atoms with Gasteiger partial charge in [-0.1, -0.05) is 26.2 Å². The average molecular weight is 368 g/mol. The molecule has 1 aliphatic rings. The number of nitrogens with zero attached hydrogens (tertiary/aromatic N) is 1. The molecule has 0 spiro atoms. The first kappa shape index (κ1) is 19.7. The minimum absolute atomic E-state index is 0.152. The number of ether oxygens (including phenoxy) is 1. The van der Waals surface area contributed by atoms with Crippen LogP contribution in [0.5, 0.6) is 5.75 Å². The Balaban J connectivity index is 2.09. The van der Waals surface area contributed by atoms with Gasteiger partial charge in [0.15, 0.2) is 0 Å². The zero-order valence-corrected chi connectivity index (χ0v) is 16.1. The third kappa shape index (κ3) is 4.95. The molecule has 1 fully saturated rings. The van der Waals surface area contributed by atoms with Crippen molar-refractivity contribution in [2.45, 2.75) is 56.9 Å². The molecule has 7 heteroatoms. The monoisotopic (exact) mass is 368 g/mol. The normalized spacial score (nSPS) is 16.0. The molecule has 0 aliphatic heterocycles. The fourth-order valence-corrected chi connectivity index (χ4v) is 4.70. The minimum atomic E-state index is -3.72. The number of benzene rings is 1. The maximum atomic E-state index is 12.8. The number of nitrogens with one attached hydrogen (secondary N) is 1. The van der Waals surface area contributed by atoms with Gasteiger partial charge in [0, 0.05) is 12.6 Å². The number of hydrogen-bond acceptors (Lipinski definition) is 4. The minimum Gasteiger partial charge on any atom is -0.496 e. The van der Waals surface area contributed by atoms with E-state index in [1.807, 2.05) is 0 Å². The lowest BCUT2D eigenvalue weighted by atomic mass is 9.95. The Morgan fingerprint density at radius 3 is 2.52 bits per heavy atom. The van der Waals surface area contributed by atoms with Crippen LogP contribution in [0.25, 0.3) is 0 Å². The van der Waals surface area contributed by atoms with E-state index in [0.29, 0.717) is 5.75 Å². The molecule has 140 valence electrons. The van der Waals surface area contributed by atoms with Crippen molar-refractivity contribution in [1.29, 1.82) is 0 Å². The molecule has 1 N–H and O–H groups in total. The third-order valence-corrected chi connectivity index (χ3v) is 6.56. The van der Waals surface area contributed by atoms with Crippen LogP contribution in [0.1, 0.15) is 44.6 Å². The standard InChI is InChI=1S/C18H28N2O4S/c1-4-20(13-18(21)19-15-8-6-5-7-9-15)25(22,23)16-10-11-17(24-3)14(2)12-16/h10-12,15H,4-9,13H2,1-3H3,(H,19,21). The quantitative estimate of drug-likeness (QED) is 0.802. The molecule has 1 aromatic carbocycles. The zero-order valence-electron chi connectivity index (χ0n) is 15.2. The molecule has 0 unspecified atom stereocenters. The van der Waals surface area contributed by atoms with Gasteiger partial charge in [-0.3, -0.25) is 4.79 Å². The molecule has 0 saturated heterocycles. The molecular weight excluding hydrogens is 340 g/mol. The van der Waals surface area contributed by atoms with Crippen molar-refractivity contribution in [2.75, 3.05) is 20.2 Å². The summed E-state index contributed by atoms with van der Waals surface area (Å²) < 4.78 is 32.1. The smallest absolute Gasteiger partial charge is 0.243 e. The Kier molecular flexibility index (Phi) is 6.84. The fourth-order valence-electron chi connectivity index (χ4n) is 3.21. The maximum Gasteiger partial charge on any atom is 0.243 e. The SMILES string of the molecule is CCN(CC(=O)NC1CCCCC1)S(=O)(=O)c1ccc(OC)c(C)c1. The second-order valence-corrected chi connectivity index (χ2v) is 8.40. The van der Waals surface area contributed by atoms with E-state index in [1.54, 1.807) is 33.1 Å². The Hall–Kier alpha value is -1.60. The second-order valence-electron chi connectivity index (χ2n) is 6.47. The van der Waals surface area contributed by atoms with Crippen LogP contribution in [0.4, 0.5) is 0 Å². The maximum absolute atomic E-state index is 12.8. The first-order chi connectivity index (χ1) is 11.9. The van der Waals surface area contributed by atoms with Crippen LogP contribution in [0.3, 0.4) is 0 Å². The summed E-state index contributed by atoms with van der Waals surface area (Å²) in [5.41, 5.74) is 0.742. The Labute approximate surface area is 150 Å². The highest BCUT2D eigenvalue weighted by Crippen LogP contribution is 2.24. The van der Waals surface area contributed by atoms with Gasteiger partial charge in [0.25, 0.3) is 0 Å². The topological polar surface area (TPSA) is 75.7 Å². The molecule has 0 heterocycles. The van der Waals surface area contributed by atoms with E-state index in [2.05, 4.69) is 5.32 Å². The summed E-state index contributed by atoms with van der Waals surface area (Å²) in [5, 5.41) is 2.97. The molecular formula is C18H28N2O4S. The number of rotatable bonds is 7. The van der Waals surface area contributed by atoms with Gasteiger partial charge in [0.1, 0.15) is 5.75 Å². The summed E-state index contributed by atoms with van der Waals surface area (Å²) in [5.74, 6) is 0.402. The van der Waals surface area contributed by atoms with Crippen molar-refractivity contribution in [2.24, 2.45) is 0 Å². The zero-order chi connectivity index (χ0) is 18.4. The van der Waals surface area contributed by atoms with Crippen molar-refractivity contribution >= 4 is 15.9 Å². The average Bonchev–Trinajstić information content (AvgIpc) is 2.60. The van der Waals surface area contributed by atoms with E-state index >= 15 is 0 Å². The Bertz CT molecular complexity index is 697. The van der Waals surface area contributed by atoms with Gasteiger partial charge in [0.05, 0.1) is 18.6 Å². The molecule has 1 aliphatic carbocycles. The number of carbonyl (C=O) groups excluding carboxylic acids is 1. The molecule has 0 radical (unpaired) electrons. The summed E-state index contributed by atoms with van der Waals surface area (Å²) in [4.78, 5) is 12.5. The van der Waals surface area contributed by atoms with Crippen molar-refractivity contribution in [1.82, 2.24) is 9.62 Å². The van der Waals surface area contributed by atoms with E-state index < -0.39 is 10.0 Å². The lowest BCUT2D eigenvalue weighted by Gasteiger charge is -2.25. The first-order valence-electron chi connectivity index (χ1n) is 8.82. The number of methoxy groups -OCH3 is 1. The molecule has 0 aromatic heterocycles. The van der Waals surface area contributed by atoms with Gasteiger partial charge in [-0.15, -0.1) is 0 Å². The summed E-state index contributed by atoms with van der Waals surface area (Å²) in [6.45, 7) is 3.62. The fraction of sp³-hybridized carbons (Fsp3) is 0.611. The van der Waals surface area contributed by atoms with Crippen LogP contribution in [-0.2, 0) is 14.8 Å². The van der Waals surface area contributed by atoms with Gasteiger partial charge in [-0.05, 0) is 43.5 Å². The van der Waals surface area contributed by atoms with Crippen molar-refractivity contribution in [3.8, 4) is 5.75 Å². The lowest BCUT2D eigenvalue weighted by molar-refractivity contribution is -0.122. The van der Waals surface area contributed by atoms with Crippen molar-refractivity contribution in [3.05, 3.63) is 23.8 Å². The van der Waals surface area contributed by atoms with Gasteiger partial charge >= 0.3 is 0 Å². The van der Waals surface area contributed by atoms with Crippen LogP contribution in [-0.4, -0.2) is 44.9 Å². The van der Waals surface area contributed by atoms with Crippen LogP contribution in [0.15, 0.2) is 23.1 Å². The summed E-state index contributed by atoms with van der Waals surface area (Å²) >= 11 is 0. The Morgan fingerprint density at radius 1 is 1.28 bits per heavy atom. The van der Waals surface area contributed by atoms with E-state index in [4.69, 9.17) is 4.74 Å². The molecule has 25 heavy (non-hydrogen) atoms. The first-order valence-corrected chi connectivity index (χ1v) is 10.3. The molecule has 0 atom stereocenters. The number of aryl methyl sites for hydroxylation is 1. The summed E-state index contributed by atoms with van der Waals surface area (Å²) in [7, 11) is -2.17. The molecule has 1 saturated carbocycles. The molecule has 2 rings (SSSR count). The largest absolute Gasteiger partial charge is 0.496 e. The number of carbonyl (C=O) groups is 1. The van der Waals surface area contributed by atoms with Crippen molar-refractivity contribution in [3.63, 3.8) is 0 Å². The second kappa shape index (κ2) is 8.67. The van der Waals surface area contributed by atoms with Crippen molar-refractivity contribution < 1.29 is 17.9 Å². The van der Waals surface area contributed by atoms with Gasteiger partial charge in [-0.2, -0.15) is 4.31 Å². The number of sulfonamides is 1. The highest BCUT2D eigenvalue weighted by atomic mass is 32.2. The van der Waals surface area contributed by atoms with E-state index in [1.165, 1.54) is 16.8 Å². The highest BCUT2D eigenvalue weighted by Gasteiger charge is 2.27. The number of amides is 1. The highest BCUT2D eigenvalue weighted by molar-refractivity contribution is 7.89. The summed E-state index contributed by atoms with van der Waals surface area (Å²) in [6, 6.07) is 4.91. The number of likely N-dealkylation sites (N-methyl/N-ethyl adjacent to an activating group) is 1. The predicted octanol–water partition coefficient (Wildman–Crippen LogP) is 2.46. The van der Waals surface area contributed by atoms with E-state index in [0.717, 1.165) is 31.2 Å². The van der Waals surface area contributed by atoms with Gasteiger partial charge in [-0.25, -0.2) is 8.42 Å². The van der Waals surface area contributed by atoms with Gasteiger partial charge < -0.3 is 10.1 Å². The third-order valence-electron chi connectivity index (χ3n) is 4.65. The summed E-state index contributed by atoms with van der Waals surface area (Å²) in [6.07, 6.45) is 5.39. The predicted molar refractivity (Wildman–Crippen MR) is 97.2 cm³/mol. The van der Waals surface area contributed by atoms with Gasteiger partial charge in [0.2, 0.25) is 15.9 Å². The molecule has 0 bridgehead atoms. The van der Waals surface area contributed by atoms with E-state index in [9.17, 15) is 13.2 Å². The van der Waals surface area contributed by atoms with Crippen LogP contribution < -0.4 is 10.1 Å². The Morgan fingerprint density at radius 2 is 1.96 bits per heavy atom. The molecule has 1 aromatic rings. The molecule has 6 nitrogen and oxygen atoms in total. The van der Waals surface area contributed by atoms with Crippen LogP contribution >= 0.6 is 0 Å². The van der Waals surface area contributed by atoms with Crippen LogP contribution in [0.2, 0.25) is 0 Å². The van der Waals surface area contributed by atoms with Crippen LogP contribution in [0, 0.1) is 6.92 Å². The molecule has 1 amide bonds.